The van der Waals surface area contributed by atoms with Crippen LogP contribution < -0.4 is 9.64 Å². The minimum absolute atomic E-state index is 0.606. The second-order valence-corrected chi connectivity index (χ2v) is 6.07. The number of carbonyl (C=O) groups is 1. The van der Waals surface area contributed by atoms with E-state index in [1.54, 1.807) is 25.7 Å². The molecule has 2 aromatic rings. The second-order valence-electron chi connectivity index (χ2n) is 6.07. The van der Waals surface area contributed by atoms with Crippen LogP contribution in [0.5, 0.6) is 5.75 Å². The topological polar surface area (TPSA) is 78.8 Å². The van der Waals surface area contributed by atoms with Gasteiger partial charge in [-0.05, 0) is 13.0 Å². The molecule has 1 saturated heterocycles. The molecule has 0 aliphatic carbocycles. The van der Waals surface area contributed by atoms with E-state index in [1.807, 2.05) is 30.0 Å². The fourth-order valence-electron chi connectivity index (χ4n) is 3.22. The van der Waals surface area contributed by atoms with Gasteiger partial charge in [0.25, 0.3) is 0 Å². The Morgan fingerprint density at radius 2 is 2.00 bits per heavy atom. The molecule has 1 aliphatic rings. The van der Waals surface area contributed by atoms with Gasteiger partial charge in [-0.1, -0.05) is 17.7 Å². The summed E-state index contributed by atoms with van der Waals surface area (Å²) in [6.45, 7) is 4.62. The average molecular weight is 342 g/mol. The van der Waals surface area contributed by atoms with Crippen LogP contribution in [0.25, 0.3) is 0 Å². The molecule has 2 heterocycles. The fraction of sp³-hybridized carbons (Fsp3) is 0.389. The second kappa shape index (κ2) is 7.48. The van der Waals surface area contributed by atoms with Crippen LogP contribution in [0.3, 0.4) is 0 Å². The molecule has 1 aromatic heterocycles. The standard InChI is InChI=1S/C18H22N4O3/c1-13-3-4-15(25-2)14(11-13)17(18(23)24)22-9-7-21(8-10-22)16-12-19-5-6-20-16/h3-6,11-12,17H,7-10H2,1-2H3,(H,23,24)/t17-/m0/s1. The number of hydrogen-bond acceptors (Lipinski definition) is 6. The first-order valence-electron chi connectivity index (χ1n) is 8.22. The molecule has 0 radical (unpaired) electrons. The third-order valence-corrected chi connectivity index (χ3v) is 4.47. The van der Waals surface area contributed by atoms with E-state index in [1.165, 1.54) is 0 Å². The van der Waals surface area contributed by atoms with E-state index in [2.05, 4.69) is 14.9 Å². The molecule has 1 aromatic carbocycles. The van der Waals surface area contributed by atoms with Crippen LogP contribution in [-0.4, -0.2) is 59.2 Å². The number of nitrogens with zero attached hydrogens (tertiary/aromatic N) is 4. The Morgan fingerprint density at radius 1 is 1.24 bits per heavy atom. The molecule has 1 N–H and O–H groups in total. The Kier molecular flexibility index (Phi) is 5.14. The summed E-state index contributed by atoms with van der Waals surface area (Å²) < 4.78 is 5.39. The molecule has 7 heteroatoms. The number of carboxylic acids is 1. The number of benzene rings is 1. The molecule has 0 unspecified atom stereocenters. The van der Waals surface area contributed by atoms with Crippen molar-refractivity contribution in [2.24, 2.45) is 0 Å². The lowest BCUT2D eigenvalue weighted by Gasteiger charge is -2.38. The monoisotopic (exact) mass is 342 g/mol. The van der Waals surface area contributed by atoms with Gasteiger partial charge in [-0.3, -0.25) is 14.7 Å². The van der Waals surface area contributed by atoms with Gasteiger partial charge in [0, 0.05) is 44.1 Å². The van der Waals surface area contributed by atoms with E-state index >= 15 is 0 Å². The van der Waals surface area contributed by atoms with Crippen molar-refractivity contribution in [3.05, 3.63) is 47.9 Å². The Bertz CT molecular complexity index is 730. The molecule has 3 rings (SSSR count). The van der Waals surface area contributed by atoms with Crippen molar-refractivity contribution >= 4 is 11.8 Å². The number of anilines is 1. The van der Waals surface area contributed by atoms with Crippen molar-refractivity contribution in [1.29, 1.82) is 0 Å². The minimum atomic E-state index is -0.864. The smallest absolute Gasteiger partial charge is 0.325 e. The number of piperazine rings is 1. The SMILES string of the molecule is COc1ccc(C)cc1[C@@H](C(=O)O)N1CCN(c2cnccn2)CC1. The highest BCUT2D eigenvalue weighted by atomic mass is 16.5. The number of carboxylic acid groups (broad SMARTS) is 1. The van der Waals surface area contributed by atoms with Crippen LogP contribution in [0, 0.1) is 6.92 Å². The maximum absolute atomic E-state index is 12.0. The van der Waals surface area contributed by atoms with Gasteiger partial charge in [-0.25, -0.2) is 4.98 Å². The normalized spacial score (nSPS) is 16.5. The van der Waals surface area contributed by atoms with E-state index < -0.39 is 12.0 Å². The lowest BCUT2D eigenvalue weighted by Crippen LogP contribution is -2.49. The molecule has 25 heavy (non-hydrogen) atoms. The predicted molar refractivity (Wildman–Crippen MR) is 93.9 cm³/mol. The molecule has 0 spiro atoms. The van der Waals surface area contributed by atoms with Crippen LogP contribution in [-0.2, 0) is 4.79 Å². The van der Waals surface area contributed by atoms with Gasteiger partial charge in [0.1, 0.15) is 17.6 Å². The van der Waals surface area contributed by atoms with Crippen LogP contribution >= 0.6 is 0 Å². The minimum Gasteiger partial charge on any atom is -0.496 e. The highest BCUT2D eigenvalue weighted by Crippen LogP contribution is 2.31. The molecule has 1 fully saturated rings. The zero-order valence-corrected chi connectivity index (χ0v) is 14.4. The van der Waals surface area contributed by atoms with Crippen LogP contribution in [0.1, 0.15) is 17.2 Å². The third kappa shape index (κ3) is 3.71. The van der Waals surface area contributed by atoms with Crippen LogP contribution in [0.4, 0.5) is 5.82 Å². The van der Waals surface area contributed by atoms with E-state index in [0.29, 0.717) is 37.5 Å². The number of rotatable bonds is 5. The number of aryl methyl sites for hydroxylation is 1. The molecule has 7 nitrogen and oxygen atoms in total. The summed E-state index contributed by atoms with van der Waals surface area (Å²) in [5.74, 6) is 0.563. The van der Waals surface area contributed by atoms with Crippen molar-refractivity contribution in [3.63, 3.8) is 0 Å². The highest BCUT2D eigenvalue weighted by Gasteiger charge is 2.32. The predicted octanol–water partition coefficient (Wildman–Crippen LogP) is 1.74. The largest absolute Gasteiger partial charge is 0.496 e. The zero-order valence-electron chi connectivity index (χ0n) is 14.4. The lowest BCUT2D eigenvalue weighted by molar-refractivity contribution is -0.143. The molecule has 0 amide bonds. The summed E-state index contributed by atoms with van der Waals surface area (Å²) in [5, 5.41) is 9.84. The number of methoxy groups -OCH3 is 1. The van der Waals surface area contributed by atoms with E-state index in [-0.39, 0.29) is 0 Å². The summed E-state index contributed by atoms with van der Waals surface area (Å²) in [5.41, 5.74) is 1.71. The van der Waals surface area contributed by atoms with Gasteiger partial charge in [0.15, 0.2) is 0 Å². The molecular formula is C18H22N4O3. The number of ether oxygens (including phenoxy) is 1. The van der Waals surface area contributed by atoms with Gasteiger partial charge in [0.05, 0.1) is 13.3 Å². The van der Waals surface area contributed by atoms with Crippen molar-refractivity contribution in [2.45, 2.75) is 13.0 Å². The quantitative estimate of drug-likeness (QED) is 0.886. The average Bonchev–Trinajstić information content (AvgIpc) is 2.63. The molecule has 1 atom stereocenters. The van der Waals surface area contributed by atoms with Crippen molar-refractivity contribution in [3.8, 4) is 5.75 Å². The number of hydrogen-bond donors (Lipinski definition) is 1. The van der Waals surface area contributed by atoms with Crippen LogP contribution in [0.15, 0.2) is 36.8 Å². The molecule has 0 saturated carbocycles. The Balaban J connectivity index is 1.80. The summed E-state index contributed by atoms with van der Waals surface area (Å²) in [6, 6.07) is 4.93. The first-order valence-corrected chi connectivity index (χ1v) is 8.22. The van der Waals surface area contributed by atoms with Gasteiger partial charge in [-0.2, -0.15) is 0 Å². The number of aromatic nitrogens is 2. The number of aliphatic carboxylic acids is 1. The van der Waals surface area contributed by atoms with E-state index in [4.69, 9.17) is 4.74 Å². The molecule has 132 valence electrons. The van der Waals surface area contributed by atoms with Gasteiger partial charge in [-0.15, -0.1) is 0 Å². The fourth-order valence-corrected chi connectivity index (χ4v) is 3.22. The van der Waals surface area contributed by atoms with Crippen molar-refractivity contribution in [2.75, 3.05) is 38.2 Å². The zero-order chi connectivity index (χ0) is 17.8. The molecule has 0 bridgehead atoms. The van der Waals surface area contributed by atoms with E-state index in [9.17, 15) is 9.90 Å². The summed E-state index contributed by atoms with van der Waals surface area (Å²) in [6.07, 6.45) is 5.04. The maximum atomic E-state index is 12.0. The van der Waals surface area contributed by atoms with Gasteiger partial charge >= 0.3 is 5.97 Å². The summed E-state index contributed by atoms with van der Waals surface area (Å²) in [4.78, 5) is 24.5. The van der Waals surface area contributed by atoms with Crippen LogP contribution in [0.2, 0.25) is 0 Å². The van der Waals surface area contributed by atoms with E-state index in [0.717, 1.165) is 11.4 Å². The molecular weight excluding hydrogens is 320 g/mol. The maximum Gasteiger partial charge on any atom is 0.325 e. The van der Waals surface area contributed by atoms with Crippen molar-refractivity contribution < 1.29 is 14.6 Å². The third-order valence-electron chi connectivity index (χ3n) is 4.47. The first kappa shape index (κ1) is 17.2. The lowest BCUT2D eigenvalue weighted by atomic mass is 10.0. The van der Waals surface area contributed by atoms with Gasteiger partial charge < -0.3 is 14.7 Å². The van der Waals surface area contributed by atoms with Crippen molar-refractivity contribution in [1.82, 2.24) is 14.9 Å². The molecule has 1 aliphatic heterocycles. The highest BCUT2D eigenvalue weighted by molar-refractivity contribution is 5.77. The summed E-state index contributed by atoms with van der Waals surface area (Å²) in [7, 11) is 1.57. The van der Waals surface area contributed by atoms with Gasteiger partial charge in [0.2, 0.25) is 0 Å². The Morgan fingerprint density at radius 3 is 2.60 bits per heavy atom. The first-order chi connectivity index (χ1) is 12.1. The Labute approximate surface area is 146 Å². The Hall–Kier alpha value is -2.67. The summed E-state index contributed by atoms with van der Waals surface area (Å²) >= 11 is 0.